The largest absolute Gasteiger partial charge is 0.462 e. The number of carbonyl (C=O) groups is 2. The molecule has 0 unspecified atom stereocenters. The highest BCUT2D eigenvalue weighted by Gasteiger charge is 2.09. The van der Waals surface area contributed by atoms with Crippen LogP contribution in [0, 0.1) is 0 Å². The first-order chi connectivity index (χ1) is 10.6. The normalized spacial score (nSPS) is 9.91. The average molecular weight is 364 g/mol. The van der Waals surface area contributed by atoms with Crippen LogP contribution in [0.5, 0.6) is 0 Å². The van der Waals surface area contributed by atoms with Gasteiger partial charge in [-0.05, 0) is 53.2 Å². The van der Waals surface area contributed by atoms with Crippen molar-refractivity contribution in [3.63, 3.8) is 0 Å². The standard InChI is InChI=1S/C15H14BrN3O3/c1-2-22-14(20)10-5-3-6-11(9-10)18-15(21)19-13-12(16)7-4-8-17-13/h3-9H,2H2,1H3,(H2,17,18,19,21). The van der Waals surface area contributed by atoms with E-state index >= 15 is 0 Å². The van der Waals surface area contributed by atoms with Gasteiger partial charge in [0.25, 0.3) is 0 Å². The molecule has 0 saturated heterocycles. The zero-order valence-electron chi connectivity index (χ0n) is 11.8. The number of hydrogen-bond donors (Lipinski definition) is 2. The zero-order valence-corrected chi connectivity index (χ0v) is 13.4. The Balaban J connectivity index is 2.04. The van der Waals surface area contributed by atoms with Crippen molar-refractivity contribution in [2.75, 3.05) is 17.2 Å². The lowest BCUT2D eigenvalue weighted by Crippen LogP contribution is -2.20. The highest BCUT2D eigenvalue weighted by molar-refractivity contribution is 9.10. The third kappa shape index (κ3) is 4.29. The number of benzene rings is 1. The van der Waals surface area contributed by atoms with E-state index in [9.17, 15) is 9.59 Å². The number of nitrogens with one attached hydrogen (secondary N) is 2. The molecular weight excluding hydrogens is 350 g/mol. The van der Waals surface area contributed by atoms with Gasteiger partial charge in [0.1, 0.15) is 5.82 Å². The smallest absolute Gasteiger partial charge is 0.338 e. The van der Waals surface area contributed by atoms with Gasteiger partial charge in [-0.2, -0.15) is 0 Å². The van der Waals surface area contributed by atoms with E-state index in [1.54, 1.807) is 49.5 Å². The molecule has 6 nitrogen and oxygen atoms in total. The van der Waals surface area contributed by atoms with Crippen LogP contribution in [-0.2, 0) is 4.74 Å². The second-order valence-corrected chi connectivity index (χ2v) is 5.07. The van der Waals surface area contributed by atoms with Crippen molar-refractivity contribution in [2.24, 2.45) is 0 Å². The molecule has 1 aromatic carbocycles. The van der Waals surface area contributed by atoms with Crippen LogP contribution >= 0.6 is 15.9 Å². The van der Waals surface area contributed by atoms with Gasteiger partial charge in [0.15, 0.2) is 0 Å². The van der Waals surface area contributed by atoms with Crippen LogP contribution in [0.15, 0.2) is 47.1 Å². The number of esters is 1. The molecule has 0 aliphatic rings. The molecule has 0 bridgehead atoms. The number of urea groups is 1. The Bertz CT molecular complexity index is 691. The third-order valence-electron chi connectivity index (χ3n) is 2.62. The average Bonchev–Trinajstić information content (AvgIpc) is 2.50. The predicted molar refractivity (Wildman–Crippen MR) is 87.0 cm³/mol. The number of rotatable bonds is 4. The monoisotopic (exact) mass is 363 g/mol. The van der Waals surface area contributed by atoms with Crippen molar-refractivity contribution in [1.29, 1.82) is 0 Å². The summed E-state index contributed by atoms with van der Waals surface area (Å²) in [5.41, 5.74) is 0.855. The highest BCUT2D eigenvalue weighted by atomic mass is 79.9. The number of hydrogen-bond acceptors (Lipinski definition) is 4. The predicted octanol–water partition coefficient (Wildman–Crippen LogP) is 3.66. The molecular formula is C15H14BrN3O3. The summed E-state index contributed by atoms with van der Waals surface area (Å²) in [5, 5.41) is 5.24. The molecule has 0 spiro atoms. The molecule has 2 rings (SSSR count). The summed E-state index contributed by atoms with van der Waals surface area (Å²) in [6.07, 6.45) is 1.57. The number of nitrogens with zero attached hydrogens (tertiary/aromatic N) is 1. The fourth-order valence-electron chi connectivity index (χ4n) is 1.69. The first-order valence-corrected chi connectivity index (χ1v) is 7.35. The molecule has 0 atom stereocenters. The second kappa shape index (κ2) is 7.56. The quantitative estimate of drug-likeness (QED) is 0.812. The van der Waals surface area contributed by atoms with Gasteiger partial charge in [0, 0.05) is 11.9 Å². The molecule has 0 radical (unpaired) electrons. The zero-order chi connectivity index (χ0) is 15.9. The van der Waals surface area contributed by atoms with Crippen LogP contribution in [0.1, 0.15) is 17.3 Å². The second-order valence-electron chi connectivity index (χ2n) is 4.21. The molecule has 0 saturated carbocycles. The molecule has 0 aliphatic heterocycles. The fraction of sp³-hybridized carbons (Fsp3) is 0.133. The summed E-state index contributed by atoms with van der Waals surface area (Å²) < 4.78 is 5.59. The molecule has 2 aromatic rings. The molecule has 0 fully saturated rings. The first kappa shape index (κ1) is 16.0. The minimum Gasteiger partial charge on any atom is -0.462 e. The van der Waals surface area contributed by atoms with Crippen LogP contribution in [0.4, 0.5) is 16.3 Å². The summed E-state index contributed by atoms with van der Waals surface area (Å²) in [4.78, 5) is 27.6. The molecule has 7 heteroatoms. The molecule has 1 heterocycles. The molecule has 0 aliphatic carbocycles. The van der Waals surface area contributed by atoms with Crippen LogP contribution in [0.25, 0.3) is 0 Å². The number of halogens is 1. The van der Waals surface area contributed by atoms with E-state index in [0.717, 1.165) is 0 Å². The van der Waals surface area contributed by atoms with Gasteiger partial charge in [-0.1, -0.05) is 6.07 Å². The SMILES string of the molecule is CCOC(=O)c1cccc(NC(=O)Nc2ncccc2Br)c1. The highest BCUT2D eigenvalue weighted by Crippen LogP contribution is 2.19. The Labute approximate surface area is 136 Å². The molecule has 2 N–H and O–H groups in total. The molecule has 1 aromatic heterocycles. The minimum absolute atomic E-state index is 0.296. The Morgan fingerprint density at radius 2 is 2.05 bits per heavy atom. The van der Waals surface area contributed by atoms with Crippen molar-refractivity contribution in [3.8, 4) is 0 Å². The van der Waals surface area contributed by atoms with Crippen molar-refractivity contribution >= 4 is 39.4 Å². The Morgan fingerprint density at radius 3 is 2.77 bits per heavy atom. The Hall–Kier alpha value is -2.41. The number of anilines is 2. The maximum absolute atomic E-state index is 11.9. The van der Waals surface area contributed by atoms with Crippen molar-refractivity contribution in [3.05, 3.63) is 52.6 Å². The summed E-state index contributed by atoms with van der Waals surface area (Å²) in [6, 6.07) is 9.57. The van der Waals surface area contributed by atoms with Crippen LogP contribution in [-0.4, -0.2) is 23.6 Å². The minimum atomic E-state index is -0.458. The van der Waals surface area contributed by atoms with Gasteiger partial charge in [-0.3, -0.25) is 5.32 Å². The lowest BCUT2D eigenvalue weighted by molar-refractivity contribution is 0.0526. The Morgan fingerprint density at radius 1 is 1.23 bits per heavy atom. The van der Waals surface area contributed by atoms with Gasteiger partial charge < -0.3 is 10.1 Å². The van der Waals surface area contributed by atoms with Crippen molar-refractivity contribution in [1.82, 2.24) is 4.98 Å². The summed E-state index contributed by atoms with van der Waals surface area (Å²) >= 11 is 3.29. The van der Waals surface area contributed by atoms with Gasteiger partial charge in [0.2, 0.25) is 0 Å². The fourth-order valence-corrected chi connectivity index (χ4v) is 2.04. The van der Waals surface area contributed by atoms with Gasteiger partial charge >= 0.3 is 12.0 Å². The molecule has 22 heavy (non-hydrogen) atoms. The van der Waals surface area contributed by atoms with Crippen molar-refractivity contribution in [2.45, 2.75) is 6.92 Å². The van der Waals surface area contributed by atoms with Crippen molar-refractivity contribution < 1.29 is 14.3 Å². The van der Waals surface area contributed by atoms with Gasteiger partial charge in [-0.15, -0.1) is 0 Å². The van der Waals surface area contributed by atoms with E-state index in [2.05, 4.69) is 31.5 Å². The third-order valence-corrected chi connectivity index (χ3v) is 3.26. The van der Waals surface area contributed by atoms with E-state index in [4.69, 9.17) is 4.74 Å². The van der Waals surface area contributed by atoms with Crippen LogP contribution in [0.2, 0.25) is 0 Å². The maximum Gasteiger partial charge on any atom is 0.338 e. The van der Waals surface area contributed by atoms with E-state index in [1.807, 2.05) is 0 Å². The Kier molecular flexibility index (Phi) is 5.48. The number of pyridine rings is 1. The molecule has 114 valence electrons. The summed E-state index contributed by atoms with van der Waals surface area (Å²) in [7, 11) is 0. The summed E-state index contributed by atoms with van der Waals surface area (Å²) in [5.74, 6) is -0.0272. The lowest BCUT2D eigenvalue weighted by Gasteiger charge is -2.09. The van der Waals surface area contributed by atoms with Crippen LogP contribution in [0.3, 0.4) is 0 Å². The number of amides is 2. The van der Waals surface area contributed by atoms with E-state index in [-0.39, 0.29) is 0 Å². The van der Waals surface area contributed by atoms with E-state index in [0.29, 0.717) is 28.1 Å². The topological polar surface area (TPSA) is 80.3 Å². The maximum atomic E-state index is 11.9. The number of ether oxygens (including phenoxy) is 1. The van der Waals surface area contributed by atoms with Crippen LogP contribution < -0.4 is 10.6 Å². The molecule has 2 amide bonds. The van der Waals surface area contributed by atoms with E-state index < -0.39 is 12.0 Å². The number of carbonyl (C=O) groups excluding carboxylic acids is 2. The van der Waals surface area contributed by atoms with E-state index in [1.165, 1.54) is 0 Å². The number of aromatic nitrogens is 1. The summed E-state index contributed by atoms with van der Waals surface area (Å²) in [6.45, 7) is 2.03. The van der Waals surface area contributed by atoms with Gasteiger partial charge in [-0.25, -0.2) is 14.6 Å². The first-order valence-electron chi connectivity index (χ1n) is 6.56. The lowest BCUT2D eigenvalue weighted by atomic mass is 10.2. The van der Waals surface area contributed by atoms with Gasteiger partial charge in [0.05, 0.1) is 16.6 Å².